The first-order chi connectivity index (χ1) is 8.77. The maximum Gasteiger partial charge on any atom is 0.0591 e. The average molecular weight is 265 g/mol. The van der Waals surface area contributed by atoms with Crippen LogP contribution in [0.25, 0.3) is 10.9 Å². The number of rotatable bonds is 1. The van der Waals surface area contributed by atoms with Crippen molar-refractivity contribution in [2.45, 2.75) is 12.5 Å². The predicted octanol–water partition coefficient (Wildman–Crippen LogP) is 2.88. The molecular formula is C14H17ClN2O. The lowest BCUT2D eigenvalue weighted by Gasteiger charge is -2.14. The van der Waals surface area contributed by atoms with Gasteiger partial charge in [-0.2, -0.15) is 0 Å². The van der Waals surface area contributed by atoms with Crippen molar-refractivity contribution in [3.63, 3.8) is 0 Å². The number of halogens is 1. The number of nitrogens with one attached hydrogen (secondary N) is 1. The Labute approximate surface area is 112 Å². The lowest BCUT2D eigenvalue weighted by molar-refractivity contribution is 0.150. The van der Waals surface area contributed by atoms with Crippen molar-refractivity contribution in [1.82, 2.24) is 9.88 Å². The van der Waals surface area contributed by atoms with Gasteiger partial charge in [-0.1, -0.05) is 17.7 Å². The third-order valence-electron chi connectivity index (χ3n) is 3.56. The van der Waals surface area contributed by atoms with Gasteiger partial charge in [-0.05, 0) is 24.1 Å². The summed E-state index contributed by atoms with van der Waals surface area (Å²) in [5.74, 6) is 0. The standard InChI is InChI=1S/C14H17ClN2O/c1-17-9-10(12-5-7-18-8-6-16-12)14-11(15)3-2-4-13(14)17/h2-4,9,12,16H,5-8H2,1H3. The second-order valence-electron chi connectivity index (χ2n) is 4.74. The molecule has 3 rings (SSSR count). The summed E-state index contributed by atoms with van der Waals surface area (Å²) in [6.07, 6.45) is 3.17. The van der Waals surface area contributed by atoms with E-state index in [9.17, 15) is 0 Å². The molecule has 1 aliphatic rings. The molecular weight excluding hydrogens is 248 g/mol. The minimum Gasteiger partial charge on any atom is -0.380 e. The molecule has 1 atom stereocenters. The van der Waals surface area contributed by atoms with Gasteiger partial charge in [0.2, 0.25) is 0 Å². The summed E-state index contributed by atoms with van der Waals surface area (Å²) in [5.41, 5.74) is 2.47. The highest BCUT2D eigenvalue weighted by molar-refractivity contribution is 6.35. The van der Waals surface area contributed by atoms with Crippen LogP contribution in [0.2, 0.25) is 5.02 Å². The topological polar surface area (TPSA) is 26.2 Å². The lowest BCUT2D eigenvalue weighted by atomic mass is 10.0. The highest BCUT2D eigenvalue weighted by Gasteiger charge is 2.19. The highest BCUT2D eigenvalue weighted by atomic mass is 35.5. The number of hydrogen-bond donors (Lipinski definition) is 1. The Balaban J connectivity index is 2.10. The average Bonchev–Trinajstić information content (AvgIpc) is 2.56. The predicted molar refractivity (Wildman–Crippen MR) is 74.1 cm³/mol. The second-order valence-corrected chi connectivity index (χ2v) is 5.14. The largest absolute Gasteiger partial charge is 0.380 e. The van der Waals surface area contributed by atoms with Gasteiger partial charge in [0, 0.05) is 43.3 Å². The fourth-order valence-corrected chi connectivity index (χ4v) is 2.95. The van der Waals surface area contributed by atoms with Crippen molar-refractivity contribution in [2.75, 3.05) is 19.8 Å². The van der Waals surface area contributed by atoms with Gasteiger partial charge in [0.05, 0.1) is 11.6 Å². The molecule has 18 heavy (non-hydrogen) atoms. The lowest BCUT2D eigenvalue weighted by Crippen LogP contribution is -2.21. The van der Waals surface area contributed by atoms with Crippen LogP contribution in [0.5, 0.6) is 0 Å². The number of benzene rings is 1. The van der Waals surface area contributed by atoms with Gasteiger partial charge in [0.25, 0.3) is 0 Å². The molecule has 1 saturated heterocycles. The van der Waals surface area contributed by atoms with Crippen molar-refractivity contribution < 1.29 is 4.74 Å². The number of ether oxygens (including phenoxy) is 1. The van der Waals surface area contributed by atoms with E-state index >= 15 is 0 Å². The molecule has 4 heteroatoms. The van der Waals surface area contributed by atoms with Gasteiger partial charge >= 0.3 is 0 Å². The number of nitrogens with zero attached hydrogens (tertiary/aromatic N) is 1. The van der Waals surface area contributed by atoms with Crippen molar-refractivity contribution >= 4 is 22.5 Å². The van der Waals surface area contributed by atoms with Crippen LogP contribution in [-0.2, 0) is 11.8 Å². The molecule has 2 heterocycles. The monoisotopic (exact) mass is 264 g/mol. The van der Waals surface area contributed by atoms with Crippen LogP contribution in [0.3, 0.4) is 0 Å². The Morgan fingerprint density at radius 2 is 2.28 bits per heavy atom. The molecule has 1 unspecified atom stereocenters. The first-order valence-electron chi connectivity index (χ1n) is 6.32. The second kappa shape index (κ2) is 4.92. The van der Waals surface area contributed by atoms with Gasteiger partial charge < -0.3 is 14.6 Å². The van der Waals surface area contributed by atoms with E-state index in [1.165, 1.54) is 16.5 Å². The smallest absolute Gasteiger partial charge is 0.0591 e. The summed E-state index contributed by atoms with van der Waals surface area (Å²) in [6.45, 7) is 2.49. The zero-order valence-corrected chi connectivity index (χ0v) is 11.2. The Morgan fingerprint density at radius 1 is 1.39 bits per heavy atom. The molecule has 0 saturated carbocycles. The van der Waals surface area contributed by atoms with Crippen molar-refractivity contribution in [1.29, 1.82) is 0 Å². The number of aryl methyl sites for hydroxylation is 1. The summed E-state index contributed by atoms with van der Waals surface area (Å²) in [5, 5.41) is 5.53. The third-order valence-corrected chi connectivity index (χ3v) is 3.87. The molecule has 1 N–H and O–H groups in total. The molecule has 0 spiro atoms. The Bertz CT molecular complexity index is 556. The van der Waals surface area contributed by atoms with Crippen molar-refractivity contribution in [3.8, 4) is 0 Å². The molecule has 3 nitrogen and oxygen atoms in total. The van der Waals surface area contributed by atoms with Crippen LogP contribution in [0.4, 0.5) is 0 Å². The van der Waals surface area contributed by atoms with Crippen LogP contribution >= 0.6 is 11.6 Å². The van der Waals surface area contributed by atoms with Gasteiger partial charge in [0.1, 0.15) is 0 Å². The molecule has 0 radical (unpaired) electrons. The summed E-state index contributed by atoms with van der Waals surface area (Å²) in [6, 6.07) is 6.40. The maximum absolute atomic E-state index is 6.36. The van der Waals surface area contributed by atoms with Gasteiger partial charge in [-0.25, -0.2) is 0 Å². The Hall–Kier alpha value is -1.03. The SMILES string of the molecule is Cn1cc(C2CCOCCN2)c2c(Cl)cccc21. The molecule has 1 fully saturated rings. The zero-order valence-electron chi connectivity index (χ0n) is 10.4. The van der Waals surface area contributed by atoms with E-state index < -0.39 is 0 Å². The van der Waals surface area contributed by atoms with E-state index in [1.807, 2.05) is 12.1 Å². The molecule has 96 valence electrons. The van der Waals surface area contributed by atoms with Crippen molar-refractivity contribution in [2.24, 2.45) is 7.05 Å². The Kier molecular flexibility index (Phi) is 3.29. The van der Waals surface area contributed by atoms with E-state index in [2.05, 4.69) is 29.2 Å². The third kappa shape index (κ3) is 2.03. The summed E-state index contributed by atoms with van der Waals surface area (Å²) < 4.78 is 7.64. The van der Waals surface area contributed by atoms with E-state index in [-0.39, 0.29) is 0 Å². The summed E-state index contributed by atoms with van der Waals surface area (Å²) in [4.78, 5) is 0. The van der Waals surface area contributed by atoms with E-state index in [1.54, 1.807) is 0 Å². The number of aromatic nitrogens is 1. The minimum atomic E-state index is 0.330. The summed E-state index contributed by atoms with van der Waals surface area (Å²) >= 11 is 6.36. The van der Waals surface area contributed by atoms with Crippen LogP contribution in [0.1, 0.15) is 18.0 Å². The van der Waals surface area contributed by atoms with Crippen molar-refractivity contribution in [3.05, 3.63) is 35.0 Å². The Morgan fingerprint density at radius 3 is 3.17 bits per heavy atom. The maximum atomic E-state index is 6.36. The van der Waals surface area contributed by atoms with Gasteiger partial charge in [-0.3, -0.25) is 0 Å². The van der Waals surface area contributed by atoms with Crippen LogP contribution in [0.15, 0.2) is 24.4 Å². The first-order valence-corrected chi connectivity index (χ1v) is 6.70. The van der Waals surface area contributed by atoms with Crippen LogP contribution in [-0.4, -0.2) is 24.3 Å². The van der Waals surface area contributed by atoms with E-state index in [0.29, 0.717) is 6.04 Å². The van der Waals surface area contributed by atoms with E-state index in [0.717, 1.165) is 31.2 Å². The van der Waals surface area contributed by atoms with Crippen LogP contribution < -0.4 is 5.32 Å². The minimum absolute atomic E-state index is 0.330. The first kappa shape index (κ1) is 12.0. The molecule has 1 aromatic carbocycles. The molecule has 1 aliphatic heterocycles. The van der Waals surface area contributed by atoms with Crippen LogP contribution in [0, 0.1) is 0 Å². The summed E-state index contributed by atoms with van der Waals surface area (Å²) in [7, 11) is 2.06. The van der Waals surface area contributed by atoms with E-state index in [4.69, 9.17) is 16.3 Å². The molecule has 0 amide bonds. The van der Waals surface area contributed by atoms with Gasteiger partial charge in [-0.15, -0.1) is 0 Å². The normalized spacial score (nSPS) is 21.1. The molecule has 1 aromatic heterocycles. The fraction of sp³-hybridized carbons (Fsp3) is 0.429. The molecule has 0 aliphatic carbocycles. The van der Waals surface area contributed by atoms with Gasteiger partial charge in [0.15, 0.2) is 0 Å². The molecule has 0 bridgehead atoms. The number of hydrogen-bond acceptors (Lipinski definition) is 2. The zero-order chi connectivity index (χ0) is 12.5. The highest BCUT2D eigenvalue weighted by Crippen LogP contribution is 2.33. The quantitative estimate of drug-likeness (QED) is 0.857. The fourth-order valence-electron chi connectivity index (χ4n) is 2.68. The molecule has 2 aromatic rings. The number of fused-ring (bicyclic) bond motifs is 1.